The van der Waals surface area contributed by atoms with E-state index in [-0.39, 0.29) is 28.1 Å². The van der Waals surface area contributed by atoms with Crippen molar-refractivity contribution < 1.29 is 22.6 Å². The van der Waals surface area contributed by atoms with Crippen molar-refractivity contribution >= 4 is 0 Å². The Morgan fingerprint density at radius 2 is 1.64 bits per heavy atom. The molecule has 1 aliphatic rings. The average Bonchev–Trinajstić information content (AvgIpc) is 1.95. The van der Waals surface area contributed by atoms with Crippen molar-refractivity contribution in [3.63, 3.8) is 0 Å². The van der Waals surface area contributed by atoms with Crippen LogP contribution < -0.4 is 0 Å². The average molecular weight is 327 g/mol. The zero-order valence-corrected chi connectivity index (χ0v) is 10.4. The Morgan fingerprint density at radius 1 is 1.18 bits per heavy atom. The maximum Gasteiger partial charge on any atom is 1.00 e. The van der Waals surface area contributed by atoms with Crippen molar-refractivity contribution in [2.24, 2.45) is 5.41 Å². The molecule has 0 atom stereocenters. The molecule has 0 aromatic heterocycles. The van der Waals surface area contributed by atoms with Gasteiger partial charge < -0.3 is 2.85 Å². The summed E-state index contributed by atoms with van der Waals surface area (Å²) in [5.41, 5.74) is 4.39. The van der Waals surface area contributed by atoms with E-state index in [1.54, 1.807) is 0 Å². The zero-order valence-electron chi connectivity index (χ0n) is 9.85. The summed E-state index contributed by atoms with van der Waals surface area (Å²) in [5, 5.41) is 0. The summed E-state index contributed by atoms with van der Waals surface area (Å²) in [6.45, 7) is 10.9. The Morgan fingerprint density at radius 3 is 1.73 bits per heavy atom. The first kappa shape index (κ1) is 11.1. The van der Waals surface area contributed by atoms with E-state index in [0.29, 0.717) is 0 Å². The molecule has 0 N–H and O–H groups in total. The molecule has 67 valence electrons. The fourth-order valence-electron chi connectivity index (χ4n) is 1.41. The molecule has 11 heavy (non-hydrogen) atoms. The largest absolute Gasteiger partial charge is 1.00 e. The van der Waals surface area contributed by atoms with Crippen molar-refractivity contribution in [2.75, 3.05) is 0 Å². The van der Waals surface area contributed by atoms with Crippen molar-refractivity contribution in [2.45, 2.75) is 34.6 Å². The van der Waals surface area contributed by atoms with Crippen LogP contribution in [-0.2, 0) is 19.8 Å². The molecule has 0 unspecified atom stereocenters. The van der Waals surface area contributed by atoms with Gasteiger partial charge in [-0.25, -0.2) is 5.57 Å². The van der Waals surface area contributed by atoms with Crippen LogP contribution in [-0.4, -0.2) is 0 Å². The van der Waals surface area contributed by atoms with Gasteiger partial charge in [-0.05, 0) is 0 Å². The number of allylic oxidation sites excluding steroid dienone is 4. The monoisotopic (exact) mass is 329 g/mol. The summed E-state index contributed by atoms with van der Waals surface area (Å²) in [7, 11) is 0. The van der Waals surface area contributed by atoms with Crippen LogP contribution in [0, 0.1) is 11.5 Å². The Hall–Kier alpha value is 0.116. The van der Waals surface area contributed by atoms with E-state index >= 15 is 0 Å². The fraction of sp³-hybridized carbons (Fsp3) is 0.600. The molecule has 0 fully saturated rings. The van der Waals surface area contributed by atoms with Gasteiger partial charge in [0.25, 0.3) is 0 Å². The molecule has 0 heterocycles. The SMILES string of the molecule is CC1=[C-]C(C)(C)C(C)=C1C.[H-].[H-].[Os+]. The van der Waals surface area contributed by atoms with Gasteiger partial charge in [-0.2, -0.15) is 11.1 Å². The Bertz CT molecular complexity index is 227. The van der Waals surface area contributed by atoms with Gasteiger partial charge in [0.2, 0.25) is 0 Å². The van der Waals surface area contributed by atoms with Crippen molar-refractivity contribution in [1.29, 1.82) is 0 Å². The van der Waals surface area contributed by atoms with Crippen LogP contribution >= 0.6 is 0 Å². The number of rotatable bonds is 0. The molecule has 0 bridgehead atoms. The first-order chi connectivity index (χ1) is 4.45. The summed E-state index contributed by atoms with van der Waals surface area (Å²) in [6, 6.07) is 0. The summed E-state index contributed by atoms with van der Waals surface area (Å²) >= 11 is 0. The molecule has 1 radical (unpaired) electrons. The van der Waals surface area contributed by atoms with Gasteiger partial charge in [0, 0.05) is 0 Å². The van der Waals surface area contributed by atoms with E-state index in [4.69, 9.17) is 0 Å². The summed E-state index contributed by atoms with van der Waals surface area (Å²) in [6.07, 6.45) is 3.44. The van der Waals surface area contributed by atoms with E-state index < -0.39 is 0 Å². The van der Waals surface area contributed by atoms with Gasteiger partial charge in [0.15, 0.2) is 0 Å². The predicted molar refractivity (Wildman–Crippen MR) is 46.8 cm³/mol. The number of hydrogen-bond donors (Lipinski definition) is 0. The Balaban J connectivity index is -0.000000333. The third kappa shape index (κ3) is 1.82. The van der Waals surface area contributed by atoms with Crippen molar-refractivity contribution in [3.05, 3.63) is 22.8 Å². The van der Waals surface area contributed by atoms with Crippen LogP contribution in [0.3, 0.4) is 0 Å². The quantitative estimate of drug-likeness (QED) is 0.599. The van der Waals surface area contributed by atoms with E-state index in [1.165, 1.54) is 16.7 Å². The van der Waals surface area contributed by atoms with Crippen molar-refractivity contribution in [1.82, 2.24) is 0 Å². The second-order valence-corrected chi connectivity index (χ2v) is 3.62. The third-order valence-electron chi connectivity index (χ3n) is 2.56. The molecule has 0 aromatic rings. The van der Waals surface area contributed by atoms with Crippen LogP contribution in [0.5, 0.6) is 0 Å². The van der Waals surface area contributed by atoms with Crippen LogP contribution in [0.25, 0.3) is 0 Å². The molecule has 0 saturated heterocycles. The summed E-state index contributed by atoms with van der Waals surface area (Å²) < 4.78 is 0. The maximum atomic E-state index is 3.44. The van der Waals surface area contributed by atoms with Crippen LogP contribution in [0.15, 0.2) is 16.7 Å². The topological polar surface area (TPSA) is 0 Å². The van der Waals surface area contributed by atoms with Crippen molar-refractivity contribution in [3.8, 4) is 0 Å². The van der Waals surface area contributed by atoms with E-state index in [1.807, 2.05) is 0 Å². The Kier molecular flexibility index (Phi) is 3.27. The molecule has 0 amide bonds. The maximum absolute atomic E-state index is 3.44. The minimum Gasteiger partial charge on any atom is -1.00 e. The van der Waals surface area contributed by atoms with Gasteiger partial charge in [0.05, 0.1) is 0 Å². The van der Waals surface area contributed by atoms with Gasteiger partial charge >= 0.3 is 19.8 Å². The third-order valence-corrected chi connectivity index (χ3v) is 2.56. The van der Waals surface area contributed by atoms with Gasteiger partial charge in [-0.3, -0.25) is 6.08 Å². The molecular weight excluding hydrogens is 310 g/mol. The smallest absolute Gasteiger partial charge is 1.00 e. The molecule has 0 spiro atoms. The minimum absolute atomic E-state index is 0. The summed E-state index contributed by atoms with van der Waals surface area (Å²) in [5.74, 6) is 0. The van der Waals surface area contributed by atoms with E-state index in [0.717, 1.165) is 0 Å². The molecule has 0 saturated carbocycles. The second-order valence-electron chi connectivity index (χ2n) is 3.62. The minimum atomic E-state index is 0. The fourth-order valence-corrected chi connectivity index (χ4v) is 1.41. The molecule has 1 heteroatoms. The second kappa shape index (κ2) is 3.24. The molecule has 0 aliphatic heterocycles. The van der Waals surface area contributed by atoms with Gasteiger partial charge in [-0.15, -0.1) is 6.92 Å². The van der Waals surface area contributed by atoms with E-state index in [2.05, 4.69) is 40.7 Å². The molecule has 1 rings (SSSR count). The standard InChI is InChI=1S/C10H15.Os.2H/c1-7-6-10(4,5)9(3)8(7)2;;;/h1-5H3;;;/q-1;+1;2*-1. The first-order valence-corrected chi connectivity index (χ1v) is 3.75. The Labute approximate surface area is 85.8 Å². The van der Waals surface area contributed by atoms with E-state index in [9.17, 15) is 0 Å². The molecule has 0 nitrogen and oxygen atoms in total. The molecular formula is C10H17Os-2. The van der Waals surface area contributed by atoms with Gasteiger partial charge in [0.1, 0.15) is 0 Å². The zero-order chi connectivity index (χ0) is 7.94. The normalized spacial score (nSPS) is 21.4. The first-order valence-electron chi connectivity index (χ1n) is 3.75. The predicted octanol–water partition coefficient (Wildman–Crippen LogP) is 3.33. The van der Waals surface area contributed by atoms with Crippen LogP contribution in [0.1, 0.15) is 37.5 Å². The molecule has 0 aromatic carbocycles. The van der Waals surface area contributed by atoms with Crippen LogP contribution in [0.2, 0.25) is 0 Å². The molecule has 1 aliphatic carbocycles. The number of hydrogen-bond acceptors (Lipinski definition) is 0. The summed E-state index contributed by atoms with van der Waals surface area (Å²) in [4.78, 5) is 0. The van der Waals surface area contributed by atoms with Crippen LogP contribution in [0.4, 0.5) is 0 Å². The van der Waals surface area contributed by atoms with Gasteiger partial charge in [-0.1, -0.05) is 33.1 Å².